The van der Waals surface area contributed by atoms with Crippen molar-refractivity contribution in [1.82, 2.24) is 9.29 Å². The van der Waals surface area contributed by atoms with E-state index in [0.717, 1.165) is 5.56 Å². The van der Waals surface area contributed by atoms with E-state index in [9.17, 15) is 13.2 Å². The highest BCUT2D eigenvalue weighted by Crippen LogP contribution is 2.16. The molecule has 0 unspecified atom stereocenters. The molecule has 1 N–H and O–H groups in total. The average molecular weight is 306 g/mol. The highest BCUT2D eigenvalue weighted by Gasteiger charge is 2.17. The third-order valence-electron chi connectivity index (χ3n) is 3.27. The molecule has 0 fully saturated rings. The van der Waals surface area contributed by atoms with E-state index in [1.54, 1.807) is 44.4 Å². The number of hydrogen-bond acceptors (Lipinski definition) is 3. The van der Waals surface area contributed by atoms with Gasteiger partial charge in [-0.2, -0.15) is 0 Å². The molecule has 0 atom stereocenters. The van der Waals surface area contributed by atoms with Crippen molar-refractivity contribution in [2.24, 2.45) is 7.05 Å². The van der Waals surface area contributed by atoms with Gasteiger partial charge in [0.05, 0.1) is 4.90 Å². The van der Waals surface area contributed by atoms with Gasteiger partial charge in [-0.05, 0) is 31.5 Å². The number of nitrogens with one attached hydrogen (secondary N) is 1. The zero-order valence-electron chi connectivity index (χ0n) is 12.3. The maximum atomic E-state index is 12.3. The number of benzene rings is 1. The number of rotatable bonds is 4. The minimum absolute atomic E-state index is 0.0246. The van der Waals surface area contributed by atoms with Crippen molar-refractivity contribution in [1.29, 1.82) is 0 Å². The quantitative estimate of drug-likeness (QED) is 0.930. The first-order chi connectivity index (χ1) is 9.81. The molecule has 0 aliphatic rings. The molecule has 0 amide bonds. The Kier molecular flexibility index (Phi) is 4.29. The third-order valence-corrected chi connectivity index (χ3v) is 4.84. The van der Waals surface area contributed by atoms with Crippen molar-refractivity contribution < 1.29 is 8.42 Å². The largest absolute Gasteiger partial charge is 0.318 e. The van der Waals surface area contributed by atoms with E-state index in [0.29, 0.717) is 11.1 Å². The summed E-state index contributed by atoms with van der Waals surface area (Å²) in [5.41, 5.74) is 1.89. The molecule has 1 aromatic carbocycles. The molecule has 0 aliphatic carbocycles. The van der Waals surface area contributed by atoms with Crippen LogP contribution in [0.15, 0.2) is 46.2 Å². The van der Waals surface area contributed by atoms with Crippen LogP contribution in [0.4, 0.5) is 0 Å². The maximum Gasteiger partial charge on any atom is 0.254 e. The van der Waals surface area contributed by atoms with Gasteiger partial charge in [-0.1, -0.05) is 23.8 Å². The van der Waals surface area contributed by atoms with Gasteiger partial charge in [0.1, 0.15) is 0 Å². The van der Waals surface area contributed by atoms with Gasteiger partial charge in [-0.15, -0.1) is 0 Å². The first-order valence-electron chi connectivity index (χ1n) is 6.53. The van der Waals surface area contributed by atoms with E-state index in [1.807, 2.05) is 13.0 Å². The molecular formula is C15H18N2O3S. The number of aryl methyl sites for hydroxylation is 3. The molecule has 0 spiro atoms. The molecular weight excluding hydrogens is 288 g/mol. The van der Waals surface area contributed by atoms with Gasteiger partial charge in [-0.25, -0.2) is 13.1 Å². The van der Waals surface area contributed by atoms with Crippen LogP contribution in [0, 0.1) is 13.8 Å². The summed E-state index contributed by atoms with van der Waals surface area (Å²) in [4.78, 5) is 12.1. The molecule has 5 nitrogen and oxygen atoms in total. The van der Waals surface area contributed by atoms with E-state index in [-0.39, 0.29) is 17.0 Å². The Morgan fingerprint density at radius 1 is 1.19 bits per heavy atom. The SMILES string of the molecule is Cc1ccc(S(=O)(=O)NCc2cccn(C)c2=O)c(C)c1. The van der Waals surface area contributed by atoms with Crippen LogP contribution in [0.3, 0.4) is 0 Å². The average Bonchev–Trinajstić information content (AvgIpc) is 2.40. The molecule has 6 heteroatoms. The van der Waals surface area contributed by atoms with Crippen LogP contribution >= 0.6 is 0 Å². The van der Waals surface area contributed by atoms with Crippen molar-refractivity contribution >= 4 is 10.0 Å². The summed E-state index contributed by atoms with van der Waals surface area (Å²) >= 11 is 0. The summed E-state index contributed by atoms with van der Waals surface area (Å²) in [6, 6.07) is 8.48. The summed E-state index contributed by atoms with van der Waals surface area (Å²) in [6.07, 6.45) is 1.63. The van der Waals surface area contributed by atoms with E-state index in [1.165, 1.54) is 4.57 Å². The van der Waals surface area contributed by atoms with Crippen LogP contribution in [0.5, 0.6) is 0 Å². The summed E-state index contributed by atoms with van der Waals surface area (Å²) in [5.74, 6) is 0. The number of pyridine rings is 1. The Hall–Kier alpha value is -1.92. The molecule has 2 aromatic rings. The summed E-state index contributed by atoms with van der Waals surface area (Å²) < 4.78 is 28.5. The van der Waals surface area contributed by atoms with E-state index in [4.69, 9.17) is 0 Å². The van der Waals surface area contributed by atoms with Crippen molar-refractivity contribution in [2.75, 3.05) is 0 Å². The first-order valence-corrected chi connectivity index (χ1v) is 8.01. The zero-order chi connectivity index (χ0) is 15.6. The lowest BCUT2D eigenvalue weighted by atomic mass is 10.2. The lowest BCUT2D eigenvalue weighted by Gasteiger charge is -2.10. The molecule has 112 valence electrons. The smallest absolute Gasteiger partial charge is 0.254 e. The van der Waals surface area contributed by atoms with Crippen molar-refractivity contribution in [2.45, 2.75) is 25.3 Å². The van der Waals surface area contributed by atoms with Crippen LogP contribution < -0.4 is 10.3 Å². The number of hydrogen-bond donors (Lipinski definition) is 1. The van der Waals surface area contributed by atoms with Crippen LogP contribution in [-0.2, 0) is 23.6 Å². The Morgan fingerprint density at radius 2 is 1.90 bits per heavy atom. The van der Waals surface area contributed by atoms with Crippen LogP contribution in [-0.4, -0.2) is 13.0 Å². The second-order valence-electron chi connectivity index (χ2n) is 5.04. The van der Waals surface area contributed by atoms with Crippen LogP contribution in [0.25, 0.3) is 0 Å². The summed E-state index contributed by atoms with van der Waals surface area (Å²) in [7, 11) is -2.00. The number of nitrogens with zero attached hydrogens (tertiary/aromatic N) is 1. The zero-order valence-corrected chi connectivity index (χ0v) is 13.1. The van der Waals surface area contributed by atoms with E-state index < -0.39 is 10.0 Å². The molecule has 1 heterocycles. The maximum absolute atomic E-state index is 12.3. The fourth-order valence-corrected chi connectivity index (χ4v) is 3.37. The minimum atomic E-state index is -3.63. The Labute approximate surface area is 124 Å². The fourth-order valence-electron chi connectivity index (χ4n) is 2.14. The van der Waals surface area contributed by atoms with Gasteiger partial charge < -0.3 is 4.57 Å². The molecule has 0 radical (unpaired) electrons. The molecule has 0 saturated heterocycles. The van der Waals surface area contributed by atoms with Gasteiger partial charge in [0.15, 0.2) is 0 Å². The molecule has 1 aromatic heterocycles. The Bertz CT molecular complexity index is 823. The van der Waals surface area contributed by atoms with E-state index >= 15 is 0 Å². The van der Waals surface area contributed by atoms with Gasteiger partial charge in [0, 0.05) is 25.4 Å². The topological polar surface area (TPSA) is 68.2 Å². The molecule has 2 rings (SSSR count). The van der Waals surface area contributed by atoms with Crippen molar-refractivity contribution in [3.05, 3.63) is 63.6 Å². The third kappa shape index (κ3) is 3.40. The van der Waals surface area contributed by atoms with Gasteiger partial charge in [-0.3, -0.25) is 4.79 Å². The van der Waals surface area contributed by atoms with Gasteiger partial charge in [0.25, 0.3) is 5.56 Å². The summed E-state index contributed by atoms with van der Waals surface area (Å²) in [6.45, 7) is 3.64. The second kappa shape index (κ2) is 5.83. The molecule has 0 aliphatic heterocycles. The van der Waals surface area contributed by atoms with E-state index in [2.05, 4.69) is 4.72 Å². The highest BCUT2D eigenvalue weighted by atomic mass is 32.2. The number of aromatic nitrogens is 1. The van der Waals surface area contributed by atoms with Crippen molar-refractivity contribution in [3.63, 3.8) is 0 Å². The second-order valence-corrected chi connectivity index (χ2v) is 6.78. The predicted molar refractivity (Wildman–Crippen MR) is 81.6 cm³/mol. The summed E-state index contributed by atoms with van der Waals surface area (Å²) in [5, 5.41) is 0. The Morgan fingerprint density at radius 3 is 2.57 bits per heavy atom. The monoisotopic (exact) mass is 306 g/mol. The van der Waals surface area contributed by atoms with Gasteiger partial charge in [0.2, 0.25) is 10.0 Å². The highest BCUT2D eigenvalue weighted by molar-refractivity contribution is 7.89. The van der Waals surface area contributed by atoms with Crippen LogP contribution in [0.1, 0.15) is 16.7 Å². The lowest BCUT2D eigenvalue weighted by molar-refractivity contribution is 0.580. The Balaban J connectivity index is 2.26. The lowest BCUT2D eigenvalue weighted by Crippen LogP contribution is -2.29. The predicted octanol–water partition coefficient (Wildman–Crippen LogP) is 1.48. The molecule has 0 saturated carbocycles. The molecule has 21 heavy (non-hydrogen) atoms. The van der Waals surface area contributed by atoms with Crippen LogP contribution in [0.2, 0.25) is 0 Å². The first kappa shape index (κ1) is 15.5. The minimum Gasteiger partial charge on any atom is -0.318 e. The standard InChI is InChI=1S/C15H18N2O3S/c1-11-6-7-14(12(2)9-11)21(19,20)16-10-13-5-4-8-17(3)15(13)18/h4-9,16H,10H2,1-3H3. The number of sulfonamides is 1. The molecule has 0 bridgehead atoms. The fraction of sp³-hybridized carbons (Fsp3) is 0.267. The van der Waals surface area contributed by atoms with Crippen molar-refractivity contribution in [3.8, 4) is 0 Å². The normalized spacial score (nSPS) is 11.6. The van der Waals surface area contributed by atoms with Gasteiger partial charge >= 0.3 is 0 Å².